The number of nitrogens with zero attached hydrogens (tertiary/aromatic N) is 1. The van der Waals surface area contributed by atoms with E-state index in [9.17, 15) is 0 Å². The van der Waals surface area contributed by atoms with Crippen LogP contribution in [0.15, 0.2) is 41.5 Å². The Bertz CT molecular complexity index is 785. The van der Waals surface area contributed by atoms with E-state index in [0.29, 0.717) is 28.8 Å². The van der Waals surface area contributed by atoms with Crippen LogP contribution in [0.2, 0.25) is 5.02 Å². The first-order valence-corrected chi connectivity index (χ1v) is 7.88. The van der Waals surface area contributed by atoms with Crippen LogP contribution in [0.25, 0.3) is 0 Å². The van der Waals surface area contributed by atoms with Crippen molar-refractivity contribution in [3.63, 3.8) is 0 Å². The van der Waals surface area contributed by atoms with Crippen LogP contribution in [0.4, 0.5) is 0 Å². The Hall–Kier alpha value is -2.84. The molecule has 0 radical (unpaired) electrons. The number of terminal acetylenes is 1. The van der Waals surface area contributed by atoms with Crippen LogP contribution in [-0.4, -0.2) is 27.0 Å². The summed E-state index contributed by atoms with van der Waals surface area (Å²) < 4.78 is 16.0. The van der Waals surface area contributed by atoms with E-state index in [-0.39, 0.29) is 6.61 Å². The van der Waals surface area contributed by atoms with E-state index >= 15 is 0 Å². The van der Waals surface area contributed by atoms with Crippen molar-refractivity contribution >= 4 is 17.8 Å². The number of hydrogen-bond acceptors (Lipinski definition) is 5. The molecule has 0 bridgehead atoms. The van der Waals surface area contributed by atoms with E-state index in [1.165, 1.54) is 0 Å². The van der Waals surface area contributed by atoms with Crippen molar-refractivity contribution in [2.45, 2.75) is 6.54 Å². The monoisotopic (exact) mass is 358 g/mol. The van der Waals surface area contributed by atoms with E-state index in [1.807, 2.05) is 18.2 Å². The molecule has 6 heteroatoms. The van der Waals surface area contributed by atoms with Gasteiger partial charge >= 0.3 is 0 Å². The highest BCUT2D eigenvalue weighted by molar-refractivity contribution is 6.30. The molecule has 2 aromatic rings. The second-order valence-corrected chi connectivity index (χ2v) is 5.39. The number of hydrogen-bond donors (Lipinski definition) is 1. The summed E-state index contributed by atoms with van der Waals surface area (Å²) in [5.41, 5.74) is 4.72. The lowest BCUT2D eigenvalue weighted by atomic mass is 10.2. The largest absolute Gasteiger partial charge is 0.493 e. The first kappa shape index (κ1) is 18.5. The molecule has 0 saturated carbocycles. The summed E-state index contributed by atoms with van der Waals surface area (Å²) >= 11 is 6.02. The summed E-state index contributed by atoms with van der Waals surface area (Å²) in [4.78, 5) is 0. The molecule has 1 N–H and O–H groups in total. The fourth-order valence-corrected chi connectivity index (χ4v) is 2.29. The van der Waals surface area contributed by atoms with E-state index in [4.69, 9.17) is 32.2 Å². The third kappa shape index (κ3) is 5.33. The number of hydrazone groups is 1. The van der Waals surface area contributed by atoms with Gasteiger partial charge in [-0.05, 0) is 35.9 Å². The van der Waals surface area contributed by atoms with E-state index in [0.717, 1.165) is 11.1 Å². The smallest absolute Gasteiger partial charge is 0.161 e. The molecule has 0 fully saturated rings. The third-order valence-electron chi connectivity index (χ3n) is 3.31. The van der Waals surface area contributed by atoms with Crippen molar-refractivity contribution in [1.29, 1.82) is 0 Å². The lowest BCUT2D eigenvalue weighted by molar-refractivity contribution is 0.354. The van der Waals surface area contributed by atoms with Gasteiger partial charge in [0, 0.05) is 10.6 Å². The molecular formula is C19H19ClN2O3. The predicted molar refractivity (Wildman–Crippen MR) is 99.8 cm³/mol. The standard InChI is InChI=1S/C19H19ClN2O3/c1-4-9-25-17-8-6-16(20)11-15(17)13-22-21-12-14-5-7-18(23-2)19(10-14)24-3/h1,5-8,10-11,13,21H,9,12H2,2-3H3/b22-13-. The molecule has 0 spiro atoms. The SMILES string of the molecule is C#CCOc1ccc(Cl)cc1/C=N\NCc1ccc(OC)c(OC)c1. The normalized spacial score (nSPS) is 10.3. The topological polar surface area (TPSA) is 52.1 Å². The molecule has 0 unspecified atom stereocenters. The lowest BCUT2D eigenvalue weighted by Gasteiger charge is -2.09. The highest BCUT2D eigenvalue weighted by atomic mass is 35.5. The number of halogens is 1. The van der Waals surface area contributed by atoms with Gasteiger partial charge in [0.05, 0.1) is 27.0 Å². The van der Waals surface area contributed by atoms with Crippen molar-refractivity contribution in [3.05, 3.63) is 52.5 Å². The van der Waals surface area contributed by atoms with E-state index in [2.05, 4.69) is 16.4 Å². The van der Waals surface area contributed by atoms with Gasteiger partial charge in [-0.15, -0.1) is 6.42 Å². The number of benzene rings is 2. The minimum Gasteiger partial charge on any atom is -0.493 e. The number of nitrogens with one attached hydrogen (secondary N) is 1. The van der Waals surface area contributed by atoms with Crippen LogP contribution in [0, 0.1) is 12.3 Å². The van der Waals surface area contributed by atoms with Crippen LogP contribution in [0.1, 0.15) is 11.1 Å². The van der Waals surface area contributed by atoms with Crippen LogP contribution in [0.5, 0.6) is 17.2 Å². The number of ether oxygens (including phenoxy) is 3. The lowest BCUT2D eigenvalue weighted by Crippen LogP contribution is -2.06. The molecule has 0 aliphatic rings. The number of rotatable bonds is 8. The Labute approximate surface area is 152 Å². The molecular weight excluding hydrogens is 340 g/mol. The molecule has 0 heterocycles. The number of methoxy groups -OCH3 is 2. The van der Waals surface area contributed by atoms with Crippen molar-refractivity contribution in [1.82, 2.24) is 5.43 Å². The van der Waals surface area contributed by atoms with Crippen LogP contribution in [0.3, 0.4) is 0 Å². The van der Waals surface area contributed by atoms with Gasteiger partial charge in [0.1, 0.15) is 12.4 Å². The fraction of sp³-hybridized carbons (Fsp3) is 0.211. The minimum absolute atomic E-state index is 0.182. The maximum absolute atomic E-state index is 6.02. The molecule has 0 atom stereocenters. The third-order valence-corrected chi connectivity index (χ3v) is 3.54. The fourth-order valence-electron chi connectivity index (χ4n) is 2.11. The van der Waals surface area contributed by atoms with Crippen LogP contribution in [-0.2, 0) is 6.54 Å². The first-order chi connectivity index (χ1) is 12.2. The molecule has 2 rings (SSSR count). The van der Waals surface area contributed by atoms with Crippen molar-refractivity contribution in [2.75, 3.05) is 20.8 Å². The van der Waals surface area contributed by atoms with Gasteiger partial charge < -0.3 is 19.6 Å². The average molecular weight is 359 g/mol. The van der Waals surface area contributed by atoms with Gasteiger partial charge in [-0.25, -0.2) is 0 Å². The van der Waals surface area contributed by atoms with Gasteiger partial charge in [-0.2, -0.15) is 5.10 Å². The summed E-state index contributed by atoms with van der Waals surface area (Å²) in [7, 11) is 3.20. The van der Waals surface area contributed by atoms with Crippen molar-refractivity contribution in [3.8, 4) is 29.6 Å². The average Bonchev–Trinajstić information content (AvgIpc) is 2.64. The van der Waals surface area contributed by atoms with E-state index in [1.54, 1.807) is 38.6 Å². The highest BCUT2D eigenvalue weighted by Crippen LogP contribution is 2.27. The highest BCUT2D eigenvalue weighted by Gasteiger charge is 2.04. The molecule has 0 aliphatic heterocycles. The summed E-state index contributed by atoms with van der Waals surface area (Å²) in [6, 6.07) is 10.9. The Morgan fingerprint density at radius 3 is 2.60 bits per heavy atom. The molecule has 0 aromatic heterocycles. The van der Waals surface area contributed by atoms with Gasteiger partial charge in [0.15, 0.2) is 11.5 Å². The molecule has 0 saturated heterocycles. The molecule has 5 nitrogen and oxygen atoms in total. The zero-order valence-corrected chi connectivity index (χ0v) is 14.8. The summed E-state index contributed by atoms with van der Waals surface area (Å²) in [5.74, 6) is 4.41. The van der Waals surface area contributed by atoms with Crippen molar-refractivity contribution in [2.24, 2.45) is 5.10 Å². The quantitative estimate of drug-likeness (QED) is 0.446. The van der Waals surface area contributed by atoms with Crippen LogP contribution >= 0.6 is 11.6 Å². The van der Waals surface area contributed by atoms with Gasteiger partial charge in [-0.3, -0.25) is 0 Å². The summed E-state index contributed by atoms with van der Waals surface area (Å²) in [6.45, 7) is 0.708. The van der Waals surface area contributed by atoms with Crippen LogP contribution < -0.4 is 19.6 Å². The maximum Gasteiger partial charge on any atom is 0.161 e. The minimum atomic E-state index is 0.182. The molecule has 0 amide bonds. The Morgan fingerprint density at radius 1 is 1.12 bits per heavy atom. The second-order valence-electron chi connectivity index (χ2n) is 4.96. The second kappa shape index (κ2) is 9.45. The van der Waals surface area contributed by atoms with Crippen molar-refractivity contribution < 1.29 is 14.2 Å². The maximum atomic E-state index is 6.02. The van der Waals surface area contributed by atoms with E-state index < -0.39 is 0 Å². The summed E-state index contributed by atoms with van der Waals surface area (Å²) in [6.07, 6.45) is 6.86. The molecule has 0 aliphatic carbocycles. The Morgan fingerprint density at radius 2 is 1.88 bits per heavy atom. The predicted octanol–water partition coefficient (Wildman–Crippen LogP) is 3.49. The zero-order chi connectivity index (χ0) is 18.1. The Kier molecular flexibility index (Phi) is 7.00. The van der Waals surface area contributed by atoms with Gasteiger partial charge in [-0.1, -0.05) is 23.6 Å². The molecule has 130 valence electrons. The summed E-state index contributed by atoms with van der Waals surface area (Å²) in [5, 5.41) is 4.80. The van der Waals surface area contributed by atoms with Gasteiger partial charge in [0.2, 0.25) is 0 Å². The Balaban J connectivity index is 2.02. The zero-order valence-electron chi connectivity index (χ0n) is 14.1. The molecule has 2 aromatic carbocycles. The molecule has 25 heavy (non-hydrogen) atoms. The first-order valence-electron chi connectivity index (χ1n) is 7.50. The van der Waals surface area contributed by atoms with Gasteiger partial charge in [0.25, 0.3) is 0 Å².